The number of rotatable bonds is 16. The lowest BCUT2D eigenvalue weighted by molar-refractivity contribution is -0.144. The molecule has 0 radical (unpaired) electrons. The first-order chi connectivity index (χ1) is 21.3. The first-order valence-electron chi connectivity index (χ1n) is 14.4. The van der Waals surface area contributed by atoms with Crippen LogP contribution in [0, 0.1) is 0 Å². The second-order valence-corrected chi connectivity index (χ2v) is 5.92. The summed E-state index contributed by atoms with van der Waals surface area (Å²) < 4.78 is 4.81. The van der Waals surface area contributed by atoms with Crippen LogP contribution in [-0.2, 0) is 9.53 Å². The summed E-state index contributed by atoms with van der Waals surface area (Å²) in [6, 6.07) is 0. The number of unbranched alkanes of at least 4 members (excludes halogenated alkanes) is 8. The average molecular weight is 605 g/mol. The molecule has 0 aromatic rings. The van der Waals surface area contributed by atoms with E-state index >= 15 is 0 Å². The molecular formula is C40H76O3. The van der Waals surface area contributed by atoms with Gasteiger partial charge in [-0.3, -0.25) is 4.79 Å². The number of carbonyl (C=O) groups excluding carboxylic acids is 1. The van der Waals surface area contributed by atoms with Crippen LogP contribution >= 0.6 is 0 Å². The predicted octanol–water partition coefficient (Wildman–Crippen LogP) is 13.4. The van der Waals surface area contributed by atoms with E-state index < -0.39 is 0 Å². The van der Waals surface area contributed by atoms with Crippen LogP contribution in [0.25, 0.3) is 0 Å². The van der Waals surface area contributed by atoms with Crippen molar-refractivity contribution in [2.75, 3.05) is 13.2 Å². The zero-order chi connectivity index (χ0) is 37.0. The number of hydrogen-bond donors (Lipinski definition) is 1. The molecule has 0 saturated heterocycles. The number of carbonyl (C=O) groups is 1. The van der Waals surface area contributed by atoms with Crippen molar-refractivity contribution in [1.82, 2.24) is 0 Å². The monoisotopic (exact) mass is 605 g/mol. The minimum absolute atomic E-state index is 0.0894. The minimum Gasteiger partial charge on any atom is -0.463 e. The lowest BCUT2D eigenvalue weighted by Gasteiger charge is -2.02. The summed E-state index contributed by atoms with van der Waals surface area (Å²) in [6.45, 7) is 62.3. The van der Waals surface area contributed by atoms with E-state index in [4.69, 9.17) is 9.84 Å². The number of aliphatic hydroxyl groups is 1. The van der Waals surface area contributed by atoms with Crippen molar-refractivity contribution in [3.63, 3.8) is 0 Å². The minimum atomic E-state index is -0.190. The first-order valence-corrected chi connectivity index (χ1v) is 14.4. The van der Waals surface area contributed by atoms with Crippen molar-refractivity contribution in [2.24, 2.45) is 0 Å². The van der Waals surface area contributed by atoms with Gasteiger partial charge in [0.1, 0.15) is 6.61 Å². The third-order valence-corrected chi connectivity index (χ3v) is 3.69. The largest absolute Gasteiger partial charge is 0.463 e. The fraction of sp³-hybridized carbons (Fsp3) is 0.375. The zero-order valence-corrected chi connectivity index (χ0v) is 29.1. The maximum atomic E-state index is 11.2. The van der Waals surface area contributed by atoms with Crippen molar-refractivity contribution in [2.45, 2.75) is 84.0 Å². The number of allylic oxidation sites excluding steroid dienone is 4. The van der Waals surface area contributed by atoms with E-state index in [1.165, 1.54) is 44.9 Å². The molecule has 0 fully saturated rings. The summed E-state index contributed by atoms with van der Waals surface area (Å²) in [4.78, 5) is 11.2. The topological polar surface area (TPSA) is 46.5 Å². The molecule has 0 heterocycles. The SMILES string of the molecule is C=C.C=C.C=C.C=C.C=C.C=C.C=C.C=C.C=C.C=C.CCCCC/C=C\C/C=C\CCCCCCCC(=O)OCCO. The highest BCUT2D eigenvalue weighted by Crippen LogP contribution is 2.08. The van der Waals surface area contributed by atoms with Gasteiger partial charge in [-0.05, 0) is 38.5 Å². The summed E-state index contributed by atoms with van der Waals surface area (Å²) >= 11 is 0. The second-order valence-electron chi connectivity index (χ2n) is 5.92. The average Bonchev–Trinajstić information content (AvgIpc) is 3.14. The lowest BCUT2D eigenvalue weighted by atomic mass is 10.1. The van der Waals surface area contributed by atoms with E-state index in [1.54, 1.807) is 0 Å². The molecule has 0 bridgehead atoms. The second kappa shape index (κ2) is 159. The molecule has 0 aromatic heterocycles. The Labute approximate surface area is 273 Å². The van der Waals surface area contributed by atoms with E-state index in [2.05, 4.69) is 163 Å². The first kappa shape index (κ1) is 72.0. The highest BCUT2D eigenvalue weighted by molar-refractivity contribution is 5.69. The Morgan fingerprint density at radius 2 is 0.837 bits per heavy atom. The Morgan fingerprint density at radius 3 is 1.19 bits per heavy atom. The Hall–Kier alpha value is -3.69. The fourth-order valence-corrected chi connectivity index (χ4v) is 2.31. The summed E-state index contributed by atoms with van der Waals surface area (Å²) in [5.74, 6) is -0.190. The summed E-state index contributed by atoms with van der Waals surface area (Å²) in [5.41, 5.74) is 0. The Balaban J connectivity index is -0.0000000478. The molecule has 0 saturated carbocycles. The van der Waals surface area contributed by atoms with Gasteiger partial charge in [0.05, 0.1) is 6.61 Å². The van der Waals surface area contributed by atoms with Gasteiger partial charge >= 0.3 is 5.97 Å². The number of hydrogen-bond acceptors (Lipinski definition) is 3. The van der Waals surface area contributed by atoms with Gasteiger partial charge in [0, 0.05) is 6.42 Å². The molecular weight excluding hydrogens is 528 g/mol. The molecule has 3 heteroatoms. The van der Waals surface area contributed by atoms with Gasteiger partial charge < -0.3 is 9.84 Å². The van der Waals surface area contributed by atoms with Crippen LogP contribution in [0.15, 0.2) is 156 Å². The molecule has 43 heavy (non-hydrogen) atoms. The standard InChI is InChI=1S/C20H36O3.10C2H4/c1-2-3-4-5-6-7-8-9-10-11-12-13-14-15-16-17-20(22)23-19-18-21;10*1-2/h6-7,9-10,21H,2-5,8,11-19H2,1H3;10*1-2H2/b7-6-,10-9-;;;;;;;;;;. The zero-order valence-electron chi connectivity index (χ0n) is 29.1. The third-order valence-electron chi connectivity index (χ3n) is 3.69. The maximum Gasteiger partial charge on any atom is 0.305 e. The van der Waals surface area contributed by atoms with Gasteiger partial charge in [-0.15, -0.1) is 132 Å². The van der Waals surface area contributed by atoms with Crippen molar-refractivity contribution in [1.29, 1.82) is 0 Å². The lowest BCUT2D eigenvalue weighted by Crippen LogP contribution is -2.07. The van der Waals surface area contributed by atoms with Crippen LogP contribution in [0.1, 0.15) is 84.0 Å². The molecule has 0 unspecified atom stereocenters. The van der Waals surface area contributed by atoms with Gasteiger partial charge in [-0.1, -0.05) is 63.3 Å². The number of aliphatic hydroxyl groups excluding tert-OH is 1. The summed E-state index contributed by atoms with van der Waals surface area (Å²) in [7, 11) is 0. The van der Waals surface area contributed by atoms with E-state index in [9.17, 15) is 4.79 Å². The predicted molar refractivity (Wildman–Crippen MR) is 210 cm³/mol. The molecule has 0 aliphatic rings. The highest BCUT2D eigenvalue weighted by atomic mass is 16.5. The van der Waals surface area contributed by atoms with Crippen molar-refractivity contribution in [3.05, 3.63) is 156 Å². The van der Waals surface area contributed by atoms with Crippen LogP contribution in [0.5, 0.6) is 0 Å². The van der Waals surface area contributed by atoms with Crippen molar-refractivity contribution in [3.8, 4) is 0 Å². The van der Waals surface area contributed by atoms with Gasteiger partial charge in [-0.2, -0.15) is 0 Å². The molecule has 254 valence electrons. The Kier molecular flexibility index (Phi) is 266. The van der Waals surface area contributed by atoms with Crippen LogP contribution in [0.4, 0.5) is 0 Å². The van der Waals surface area contributed by atoms with Crippen LogP contribution < -0.4 is 0 Å². The third kappa shape index (κ3) is 169. The van der Waals surface area contributed by atoms with Crippen LogP contribution in [0.3, 0.4) is 0 Å². The van der Waals surface area contributed by atoms with Crippen LogP contribution in [-0.4, -0.2) is 24.3 Å². The molecule has 0 amide bonds. The molecule has 3 nitrogen and oxygen atoms in total. The smallest absolute Gasteiger partial charge is 0.305 e. The van der Waals surface area contributed by atoms with E-state index in [0.29, 0.717) is 6.42 Å². The van der Waals surface area contributed by atoms with E-state index in [-0.39, 0.29) is 19.2 Å². The highest BCUT2D eigenvalue weighted by Gasteiger charge is 2.01. The van der Waals surface area contributed by atoms with E-state index in [1.807, 2.05) is 0 Å². The van der Waals surface area contributed by atoms with E-state index in [0.717, 1.165) is 25.7 Å². The van der Waals surface area contributed by atoms with Gasteiger partial charge in [-0.25, -0.2) is 0 Å². The van der Waals surface area contributed by atoms with Crippen molar-refractivity contribution < 1.29 is 14.6 Å². The number of ether oxygens (including phenoxy) is 1. The molecule has 1 N–H and O–H groups in total. The normalized spacial score (nSPS) is 7.12. The Bertz CT molecular complexity index is 410. The molecule has 0 aliphatic carbocycles. The Morgan fingerprint density at radius 1 is 0.512 bits per heavy atom. The molecule has 0 aliphatic heterocycles. The molecule has 0 aromatic carbocycles. The summed E-state index contributed by atoms with van der Waals surface area (Å²) in [5, 5.41) is 8.53. The molecule has 0 spiro atoms. The summed E-state index contributed by atoms with van der Waals surface area (Å²) in [6.07, 6.45) is 22.6. The fourth-order valence-electron chi connectivity index (χ4n) is 2.31. The van der Waals surface area contributed by atoms with Gasteiger partial charge in [0.25, 0.3) is 0 Å². The molecule has 0 atom stereocenters. The maximum absolute atomic E-state index is 11.2. The van der Waals surface area contributed by atoms with Gasteiger partial charge in [0.15, 0.2) is 0 Å². The van der Waals surface area contributed by atoms with Crippen LogP contribution in [0.2, 0.25) is 0 Å². The van der Waals surface area contributed by atoms with Crippen molar-refractivity contribution >= 4 is 5.97 Å². The van der Waals surface area contributed by atoms with Gasteiger partial charge in [0.2, 0.25) is 0 Å². The number of esters is 1. The molecule has 0 rings (SSSR count). The quantitative estimate of drug-likeness (QED) is 0.108.